The first kappa shape index (κ1) is 20.2. The number of aryl methyl sites for hydroxylation is 1. The molecule has 1 fully saturated rings. The molecule has 3 aromatic rings. The number of nitrogens with zero attached hydrogens (tertiary/aromatic N) is 3. The van der Waals surface area contributed by atoms with Crippen molar-refractivity contribution in [3.05, 3.63) is 56.5 Å². The van der Waals surface area contributed by atoms with Gasteiger partial charge in [-0.3, -0.25) is 9.36 Å². The van der Waals surface area contributed by atoms with Gasteiger partial charge in [0.05, 0.1) is 5.02 Å². The maximum atomic E-state index is 13.7. The highest BCUT2D eigenvalue weighted by molar-refractivity contribution is 6.33. The molecule has 1 aliphatic carbocycles. The van der Waals surface area contributed by atoms with E-state index in [9.17, 15) is 4.79 Å². The highest BCUT2D eigenvalue weighted by Gasteiger charge is 2.31. The molecule has 1 aromatic carbocycles. The summed E-state index contributed by atoms with van der Waals surface area (Å²) in [5.41, 5.74) is 4.95. The molecule has 0 aliphatic heterocycles. The molecule has 4 nitrogen and oxygen atoms in total. The summed E-state index contributed by atoms with van der Waals surface area (Å²) in [5.74, 6) is 1.46. The van der Waals surface area contributed by atoms with Gasteiger partial charge >= 0.3 is 0 Å². The molecule has 154 valence electrons. The van der Waals surface area contributed by atoms with E-state index in [0.29, 0.717) is 22.7 Å². The van der Waals surface area contributed by atoms with Gasteiger partial charge in [0.15, 0.2) is 5.82 Å². The molecule has 0 spiro atoms. The minimum absolute atomic E-state index is 0.0662. The summed E-state index contributed by atoms with van der Waals surface area (Å²) in [4.78, 5) is 13.7. The van der Waals surface area contributed by atoms with Crippen LogP contribution in [0.4, 0.5) is 0 Å². The zero-order valence-electron chi connectivity index (χ0n) is 18.0. The summed E-state index contributed by atoms with van der Waals surface area (Å²) in [6.07, 6.45) is 4.07. The maximum absolute atomic E-state index is 13.7. The Morgan fingerprint density at radius 1 is 1.17 bits per heavy atom. The van der Waals surface area contributed by atoms with Gasteiger partial charge in [0.25, 0.3) is 5.56 Å². The third-order valence-corrected chi connectivity index (χ3v) is 6.58. The second kappa shape index (κ2) is 7.64. The van der Waals surface area contributed by atoms with E-state index in [1.54, 1.807) is 0 Å². The first-order valence-electron chi connectivity index (χ1n) is 10.8. The van der Waals surface area contributed by atoms with Gasteiger partial charge in [0.1, 0.15) is 5.52 Å². The van der Waals surface area contributed by atoms with Crippen molar-refractivity contribution in [2.75, 3.05) is 0 Å². The summed E-state index contributed by atoms with van der Waals surface area (Å²) < 4.78 is 3.74. The van der Waals surface area contributed by atoms with Crippen LogP contribution in [0, 0.1) is 6.92 Å². The van der Waals surface area contributed by atoms with Crippen molar-refractivity contribution in [2.24, 2.45) is 0 Å². The van der Waals surface area contributed by atoms with Crippen LogP contribution >= 0.6 is 11.6 Å². The molecular formula is C24H30ClN3O. The van der Waals surface area contributed by atoms with E-state index in [2.05, 4.69) is 39.8 Å². The number of hydrogen-bond acceptors (Lipinski definition) is 2. The predicted molar refractivity (Wildman–Crippen MR) is 120 cm³/mol. The molecule has 2 heterocycles. The van der Waals surface area contributed by atoms with Crippen molar-refractivity contribution >= 4 is 17.1 Å². The fraction of sp³-hybridized carbons (Fsp3) is 0.500. The molecule has 5 heteroatoms. The van der Waals surface area contributed by atoms with Crippen LogP contribution in [0.3, 0.4) is 0 Å². The number of hydrogen-bond donors (Lipinski definition) is 0. The zero-order valence-corrected chi connectivity index (χ0v) is 18.8. The van der Waals surface area contributed by atoms with Gasteiger partial charge in [0.2, 0.25) is 0 Å². The number of benzene rings is 1. The van der Waals surface area contributed by atoms with Crippen molar-refractivity contribution in [1.29, 1.82) is 0 Å². The van der Waals surface area contributed by atoms with Gasteiger partial charge in [-0.05, 0) is 73.8 Å². The predicted octanol–water partition coefficient (Wildman–Crippen LogP) is 6.49. The van der Waals surface area contributed by atoms with E-state index in [1.165, 1.54) is 5.56 Å². The van der Waals surface area contributed by atoms with Crippen molar-refractivity contribution < 1.29 is 0 Å². The second-order valence-corrected chi connectivity index (χ2v) is 9.05. The Morgan fingerprint density at radius 3 is 2.41 bits per heavy atom. The van der Waals surface area contributed by atoms with E-state index in [0.717, 1.165) is 48.0 Å². The Morgan fingerprint density at radius 2 is 1.86 bits per heavy atom. The van der Waals surface area contributed by atoms with Crippen LogP contribution in [0.2, 0.25) is 5.02 Å². The molecule has 0 amide bonds. The van der Waals surface area contributed by atoms with Gasteiger partial charge in [-0.15, -0.1) is 5.10 Å². The highest BCUT2D eigenvalue weighted by Crippen LogP contribution is 2.39. The molecule has 0 saturated heterocycles. The van der Waals surface area contributed by atoms with Crippen LogP contribution in [-0.4, -0.2) is 14.2 Å². The Kier molecular flexibility index (Phi) is 5.32. The van der Waals surface area contributed by atoms with Crippen LogP contribution in [0.15, 0.2) is 29.1 Å². The molecule has 2 aromatic heterocycles. The van der Waals surface area contributed by atoms with E-state index < -0.39 is 0 Å². The highest BCUT2D eigenvalue weighted by atomic mass is 35.5. The van der Waals surface area contributed by atoms with Gasteiger partial charge in [-0.25, -0.2) is 4.52 Å². The molecule has 1 saturated carbocycles. The third-order valence-electron chi connectivity index (χ3n) is 6.27. The maximum Gasteiger partial charge on any atom is 0.278 e. The second-order valence-electron chi connectivity index (χ2n) is 8.64. The van der Waals surface area contributed by atoms with Gasteiger partial charge in [-0.1, -0.05) is 45.4 Å². The number of aromatic nitrogens is 3. The number of rotatable bonds is 6. The van der Waals surface area contributed by atoms with E-state index in [4.69, 9.17) is 16.7 Å². The van der Waals surface area contributed by atoms with Crippen molar-refractivity contribution in [3.63, 3.8) is 0 Å². The lowest BCUT2D eigenvalue weighted by Gasteiger charge is -2.16. The fourth-order valence-corrected chi connectivity index (χ4v) is 4.59. The largest absolute Gasteiger partial charge is 0.286 e. The molecule has 0 radical (unpaired) electrons. The standard InChI is InChI=1S/C24H30ClN3O/c1-6-16(7-2)20-12-15(5)28-22(20)24(29)27(18-9-10-18)23(26-28)19-11-8-17(14(3)4)13-21(19)25/h8,11-14,16,18H,6-7,9-10H2,1-5H3. The Balaban J connectivity index is 2.00. The molecule has 0 atom stereocenters. The minimum atomic E-state index is 0.0662. The smallest absolute Gasteiger partial charge is 0.278 e. The average molecular weight is 412 g/mol. The van der Waals surface area contributed by atoms with Crippen molar-refractivity contribution in [3.8, 4) is 11.4 Å². The quantitative estimate of drug-likeness (QED) is 0.465. The molecule has 29 heavy (non-hydrogen) atoms. The fourth-order valence-electron chi connectivity index (χ4n) is 4.32. The van der Waals surface area contributed by atoms with Crippen LogP contribution in [0.25, 0.3) is 16.9 Å². The summed E-state index contributed by atoms with van der Waals surface area (Å²) in [6.45, 7) is 10.7. The number of fused-ring (bicyclic) bond motifs is 1. The molecule has 0 bridgehead atoms. The van der Waals surface area contributed by atoms with Crippen LogP contribution in [-0.2, 0) is 0 Å². The zero-order chi connectivity index (χ0) is 20.9. The lowest BCUT2D eigenvalue weighted by Crippen LogP contribution is -2.26. The van der Waals surface area contributed by atoms with Gasteiger partial charge in [-0.2, -0.15) is 0 Å². The Labute approximate surface area is 177 Å². The monoisotopic (exact) mass is 411 g/mol. The van der Waals surface area contributed by atoms with Gasteiger partial charge < -0.3 is 0 Å². The minimum Gasteiger partial charge on any atom is -0.286 e. The first-order valence-corrected chi connectivity index (χ1v) is 11.2. The average Bonchev–Trinajstić information content (AvgIpc) is 3.47. The normalized spacial score (nSPS) is 14.5. The van der Waals surface area contributed by atoms with Crippen LogP contribution < -0.4 is 5.56 Å². The van der Waals surface area contributed by atoms with Crippen LogP contribution in [0.1, 0.15) is 88.1 Å². The lowest BCUT2D eigenvalue weighted by molar-refractivity contribution is 0.638. The van der Waals surface area contributed by atoms with Gasteiger partial charge in [0, 0.05) is 17.3 Å². The molecule has 0 N–H and O–H groups in total. The SMILES string of the molecule is CCC(CC)c1cc(C)n2nc(-c3ccc(C(C)C)cc3Cl)n(C3CC3)c(=O)c12. The summed E-state index contributed by atoms with van der Waals surface area (Å²) in [6, 6.07) is 8.49. The first-order chi connectivity index (χ1) is 13.9. The number of halogens is 1. The van der Waals surface area contributed by atoms with Crippen LogP contribution in [0.5, 0.6) is 0 Å². The Hall–Kier alpha value is -2.07. The van der Waals surface area contributed by atoms with Crippen molar-refractivity contribution in [1.82, 2.24) is 14.2 Å². The third kappa shape index (κ3) is 3.42. The summed E-state index contributed by atoms with van der Waals surface area (Å²) in [7, 11) is 0. The Bertz CT molecular complexity index is 1120. The van der Waals surface area contributed by atoms with E-state index in [1.807, 2.05) is 28.1 Å². The summed E-state index contributed by atoms with van der Waals surface area (Å²) >= 11 is 6.68. The summed E-state index contributed by atoms with van der Waals surface area (Å²) in [5, 5.41) is 5.62. The van der Waals surface area contributed by atoms with E-state index in [-0.39, 0.29) is 11.6 Å². The molecule has 4 rings (SSSR count). The topological polar surface area (TPSA) is 39.3 Å². The van der Waals surface area contributed by atoms with Crippen molar-refractivity contribution in [2.45, 2.75) is 78.2 Å². The lowest BCUT2D eigenvalue weighted by atomic mass is 9.95. The molecular weight excluding hydrogens is 382 g/mol. The molecule has 0 unspecified atom stereocenters. The molecule has 1 aliphatic rings. The van der Waals surface area contributed by atoms with E-state index >= 15 is 0 Å².